The van der Waals surface area contributed by atoms with Gasteiger partial charge in [-0.3, -0.25) is 4.79 Å². The van der Waals surface area contributed by atoms with Gasteiger partial charge >= 0.3 is 0 Å². The van der Waals surface area contributed by atoms with Crippen LogP contribution in [0, 0.1) is 5.92 Å². The summed E-state index contributed by atoms with van der Waals surface area (Å²) in [7, 11) is -3.61. The molecular weight excluding hydrogens is 310 g/mol. The van der Waals surface area contributed by atoms with Gasteiger partial charge in [0.2, 0.25) is 5.91 Å². The first-order valence-corrected chi connectivity index (χ1v) is 9.60. The van der Waals surface area contributed by atoms with E-state index in [1.165, 1.54) is 0 Å². The van der Waals surface area contributed by atoms with Gasteiger partial charge in [0.15, 0.2) is 9.84 Å². The van der Waals surface area contributed by atoms with Gasteiger partial charge in [0.05, 0.1) is 4.90 Å². The van der Waals surface area contributed by atoms with Crippen LogP contribution in [-0.2, 0) is 14.6 Å². The van der Waals surface area contributed by atoms with Crippen molar-refractivity contribution >= 4 is 26.5 Å². The lowest BCUT2D eigenvalue weighted by Gasteiger charge is -2.30. The SMILES string of the molecule is CC1CCN(C(=O)CS(=O)(=O)c2ccc3ccccc3c2)CC1. The van der Waals surface area contributed by atoms with Crippen LogP contribution in [0.4, 0.5) is 0 Å². The Morgan fingerprint density at radius 2 is 1.74 bits per heavy atom. The van der Waals surface area contributed by atoms with Crippen molar-refractivity contribution in [3.63, 3.8) is 0 Å². The molecule has 1 amide bonds. The first-order chi connectivity index (χ1) is 11.0. The summed E-state index contributed by atoms with van der Waals surface area (Å²) in [5.41, 5.74) is 0. The molecule has 1 aliphatic rings. The van der Waals surface area contributed by atoms with Crippen LogP contribution in [-0.4, -0.2) is 38.1 Å². The summed E-state index contributed by atoms with van der Waals surface area (Å²) in [5.74, 6) is -0.124. The highest BCUT2D eigenvalue weighted by atomic mass is 32.2. The second-order valence-electron chi connectivity index (χ2n) is 6.33. The Bertz CT molecular complexity index is 821. The van der Waals surface area contributed by atoms with E-state index >= 15 is 0 Å². The summed E-state index contributed by atoms with van der Waals surface area (Å²) in [4.78, 5) is 14.2. The largest absolute Gasteiger partial charge is 0.342 e. The minimum atomic E-state index is -3.61. The lowest BCUT2D eigenvalue weighted by molar-refractivity contribution is -0.129. The Labute approximate surface area is 137 Å². The summed E-state index contributed by atoms with van der Waals surface area (Å²) in [6.45, 7) is 3.48. The fourth-order valence-corrected chi connectivity index (χ4v) is 4.21. The van der Waals surface area contributed by atoms with Gasteiger partial charge in [-0.2, -0.15) is 0 Å². The maximum absolute atomic E-state index is 12.5. The third-order valence-corrected chi connectivity index (χ3v) is 6.13. The monoisotopic (exact) mass is 331 g/mol. The lowest BCUT2D eigenvalue weighted by Crippen LogP contribution is -2.41. The number of carbonyl (C=O) groups excluding carboxylic acids is 1. The van der Waals surface area contributed by atoms with Crippen LogP contribution in [0.3, 0.4) is 0 Å². The molecular formula is C18H21NO3S. The number of hydrogen-bond donors (Lipinski definition) is 0. The van der Waals surface area contributed by atoms with Crippen molar-refractivity contribution in [3.05, 3.63) is 42.5 Å². The Morgan fingerprint density at radius 1 is 1.09 bits per heavy atom. The number of sulfone groups is 1. The summed E-state index contributed by atoms with van der Waals surface area (Å²) in [6.07, 6.45) is 1.89. The molecule has 0 unspecified atom stereocenters. The fourth-order valence-electron chi connectivity index (χ4n) is 2.96. The van der Waals surface area contributed by atoms with Crippen molar-refractivity contribution in [1.82, 2.24) is 4.90 Å². The second kappa shape index (κ2) is 6.32. The minimum Gasteiger partial charge on any atom is -0.342 e. The number of hydrogen-bond acceptors (Lipinski definition) is 3. The van der Waals surface area contributed by atoms with Crippen molar-refractivity contribution < 1.29 is 13.2 Å². The maximum atomic E-state index is 12.5. The predicted molar refractivity (Wildman–Crippen MR) is 91.0 cm³/mol. The molecule has 0 aliphatic carbocycles. The van der Waals surface area contributed by atoms with Crippen molar-refractivity contribution in [3.8, 4) is 0 Å². The number of nitrogens with zero attached hydrogens (tertiary/aromatic N) is 1. The van der Waals surface area contributed by atoms with Gasteiger partial charge in [0.1, 0.15) is 5.75 Å². The van der Waals surface area contributed by atoms with Crippen LogP contribution in [0.2, 0.25) is 0 Å². The fraction of sp³-hybridized carbons (Fsp3) is 0.389. The predicted octanol–water partition coefficient (Wildman–Crippen LogP) is 2.87. The molecule has 5 heteroatoms. The molecule has 1 saturated heterocycles. The lowest BCUT2D eigenvalue weighted by atomic mass is 9.99. The van der Waals surface area contributed by atoms with E-state index in [0.29, 0.717) is 19.0 Å². The molecule has 0 radical (unpaired) electrons. The summed E-state index contributed by atoms with van der Waals surface area (Å²) >= 11 is 0. The van der Waals surface area contributed by atoms with Gasteiger partial charge < -0.3 is 4.90 Å². The Balaban J connectivity index is 1.78. The van der Waals surface area contributed by atoms with Crippen molar-refractivity contribution in [2.45, 2.75) is 24.7 Å². The topological polar surface area (TPSA) is 54.5 Å². The number of likely N-dealkylation sites (tertiary alicyclic amines) is 1. The number of benzene rings is 2. The Morgan fingerprint density at radius 3 is 2.43 bits per heavy atom. The molecule has 2 aromatic carbocycles. The average molecular weight is 331 g/mol. The first-order valence-electron chi connectivity index (χ1n) is 7.95. The number of rotatable bonds is 3. The van der Waals surface area contributed by atoms with E-state index < -0.39 is 15.6 Å². The van der Waals surface area contributed by atoms with Gasteiger partial charge in [-0.05, 0) is 41.7 Å². The number of piperidine rings is 1. The average Bonchev–Trinajstić information content (AvgIpc) is 2.54. The van der Waals surface area contributed by atoms with Gasteiger partial charge in [-0.15, -0.1) is 0 Å². The van der Waals surface area contributed by atoms with E-state index in [1.54, 1.807) is 23.1 Å². The second-order valence-corrected chi connectivity index (χ2v) is 8.32. The van der Waals surface area contributed by atoms with E-state index in [4.69, 9.17) is 0 Å². The molecule has 3 rings (SSSR count). The molecule has 0 bridgehead atoms. The van der Waals surface area contributed by atoms with Crippen LogP contribution < -0.4 is 0 Å². The summed E-state index contributed by atoms with van der Waals surface area (Å²) < 4.78 is 25.1. The smallest absolute Gasteiger partial charge is 0.238 e. The van der Waals surface area contributed by atoms with Gasteiger partial charge in [0.25, 0.3) is 0 Å². The summed E-state index contributed by atoms with van der Waals surface area (Å²) in [5, 5.41) is 1.86. The van der Waals surface area contributed by atoms with Gasteiger partial charge in [0, 0.05) is 13.1 Å². The molecule has 1 aliphatic heterocycles. The van der Waals surface area contributed by atoms with Crippen LogP contribution >= 0.6 is 0 Å². The molecule has 0 spiro atoms. The molecule has 23 heavy (non-hydrogen) atoms. The minimum absolute atomic E-state index is 0.218. The highest BCUT2D eigenvalue weighted by Gasteiger charge is 2.26. The molecule has 0 N–H and O–H groups in total. The molecule has 122 valence electrons. The van der Waals surface area contributed by atoms with E-state index in [1.807, 2.05) is 24.3 Å². The van der Waals surface area contributed by atoms with Crippen LogP contribution in [0.15, 0.2) is 47.4 Å². The van der Waals surface area contributed by atoms with Crippen LogP contribution in [0.5, 0.6) is 0 Å². The zero-order valence-corrected chi connectivity index (χ0v) is 14.1. The molecule has 2 aromatic rings. The zero-order chi connectivity index (χ0) is 16.4. The van der Waals surface area contributed by atoms with Gasteiger partial charge in [-0.25, -0.2) is 8.42 Å². The van der Waals surface area contributed by atoms with Gasteiger partial charge in [-0.1, -0.05) is 37.3 Å². The van der Waals surface area contributed by atoms with Crippen LogP contribution in [0.1, 0.15) is 19.8 Å². The molecule has 0 atom stereocenters. The molecule has 0 saturated carbocycles. The Hall–Kier alpha value is -1.88. The van der Waals surface area contributed by atoms with E-state index in [2.05, 4.69) is 6.92 Å². The number of carbonyl (C=O) groups is 1. The highest BCUT2D eigenvalue weighted by molar-refractivity contribution is 7.92. The quantitative estimate of drug-likeness (QED) is 0.869. The standard InChI is InChI=1S/C18H21NO3S/c1-14-8-10-19(11-9-14)18(20)13-23(21,22)17-7-6-15-4-2-3-5-16(15)12-17/h2-7,12,14H,8-11,13H2,1H3. The normalized spacial score (nSPS) is 16.7. The zero-order valence-electron chi connectivity index (χ0n) is 13.2. The third kappa shape index (κ3) is 3.55. The van der Waals surface area contributed by atoms with Crippen LogP contribution in [0.25, 0.3) is 10.8 Å². The molecule has 0 aromatic heterocycles. The van der Waals surface area contributed by atoms with Crippen molar-refractivity contribution in [2.24, 2.45) is 5.92 Å². The number of amides is 1. The van der Waals surface area contributed by atoms with E-state index in [-0.39, 0.29) is 10.8 Å². The molecule has 4 nitrogen and oxygen atoms in total. The molecule has 1 fully saturated rings. The van der Waals surface area contributed by atoms with Crippen molar-refractivity contribution in [1.29, 1.82) is 0 Å². The molecule has 1 heterocycles. The number of fused-ring (bicyclic) bond motifs is 1. The third-order valence-electron chi connectivity index (χ3n) is 4.53. The van der Waals surface area contributed by atoms with E-state index in [9.17, 15) is 13.2 Å². The van der Waals surface area contributed by atoms with E-state index in [0.717, 1.165) is 23.6 Å². The Kier molecular flexibility index (Phi) is 4.39. The van der Waals surface area contributed by atoms with Crippen molar-refractivity contribution in [2.75, 3.05) is 18.8 Å². The first kappa shape index (κ1) is 16.0. The summed E-state index contributed by atoms with van der Waals surface area (Å²) in [6, 6.07) is 12.6. The maximum Gasteiger partial charge on any atom is 0.238 e. The highest BCUT2D eigenvalue weighted by Crippen LogP contribution is 2.21.